The number of aliphatic hydroxyl groups is 2. The quantitative estimate of drug-likeness (QED) is 0.352. The zero-order chi connectivity index (χ0) is 7.98. The van der Waals surface area contributed by atoms with Crippen molar-refractivity contribution in [3.05, 3.63) is 0 Å². The van der Waals surface area contributed by atoms with Gasteiger partial charge in [-0.2, -0.15) is 0 Å². The van der Waals surface area contributed by atoms with Crippen LogP contribution in [0, 0.1) is 0 Å². The summed E-state index contributed by atoms with van der Waals surface area (Å²) in [5, 5.41) is 19.3. The maximum absolute atomic E-state index is 10.4. The molecule has 0 saturated carbocycles. The monoisotopic (exact) mass is 148 g/mol. The topological polar surface area (TPSA) is 95.6 Å². The zero-order valence-corrected chi connectivity index (χ0v) is 5.58. The number of aliphatic hydroxyl groups excluding tert-OH is 2. The van der Waals surface area contributed by atoms with Crippen LogP contribution in [0.25, 0.3) is 0 Å². The number of nitrogens with one attached hydrogen (secondary N) is 1. The third kappa shape index (κ3) is 4.25. The van der Waals surface area contributed by atoms with Crippen molar-refractivity contribution in [2.75, 3.05) is 19.7 Å². The largest absolute Gasteiger partial charge is 0.394 e. The minimum absolute atomic E-state index is 0.0481. The molecule has 0 aliphatic heterocycles. The number of hydrogen-bond donors (Lipinski definition) is 4. The number of amides is 1. The molecule has 1 unspecified atom stereocenters. The van der Waals surface area contributed by atoms with Crippen molar-refractivity contribution in [1.82, 2.24) is 5.32 Å². The van der Waals surface area contributed by atoms with Crippen molar-refractivity contribution >= 4 is 5.91 Å². The lowest BCUT2D eigenvalue weighted by Gasteiger charge is -2.06. The number of carbonyl (C=O) groups excluding carboxylic acids is 1. The first-order valence-corrected chi connectivity index (χ1v) is 2.96. The summed E-state index contributed by atoms with van der Waals surface area (Å²) in [6.07, 6.45) is -0.893. The molecule has 60 valence electrons. The molecule has 0 heterocycles. The van der Waals surface area contributed by atoms with Gasteiger partial charge in [0.05, 0.1) is 19.3 Å². The van der Waals surface area contributed by atoms with E-state index in [1.165, 1.54) is 0 Å². The van der Waals surface area contributed by atoms with Gasteiger partial charge in [0.1, 0.15) is 0 Å². The molecule has 5 heteroatoms. The molecule has 0 aromatic heterocycles. The summed E-state index contributed by atoms with van der Waals surface area (Å²) >= 11 is 0. The molecule has 10 heavy (non-hydrogen) atoms. The van der Waals surface area contributed by atoms with E-state index in [2.05, 4.69) is 5.32 Å². The van der Waals surface area contributed by atoms with Gasteiger partial charge >= 0.3 is 0 Å². The smallest absolute Gasteiger partial charge is 0.233 e. The maximum Gasteiger partial charge on any atom is 0.233 e. The van der Waals surface area contributed by atoms with E-state index in [1.807, 2.05) is 0 Å². The van der Waals surface area contributed by atoms with Crippen LogP contribution in [-0.2, 0) is 4.79 Å². The lowest BCUT2D eigenvalue weighted by atomic mass is 10.4. The number of carbonyl (C=O) groups is 1. The van der Waals surface area contributed by atoms with Crippen molar-refractivity contribution < 1.29 is 15.0 Å². The molecular formula is C5H12N2O3. The average Bonchev–Trinajstić information content (AvgIpc) is 1.99. The van der Waals surface area contributed by atoms with Gasteiger partial charge in [-0.1, -0.05) is 0 Å². The van der Waals surface area contributed by atoms with Crippen LogP contribution in [0.5, 0.6) is 0 Å². The molecular weight excluding hydrogens is 136 g/mol. The molecule has 0 rings (SSSR count). The van der Waals surface area contributed by atoms with Crippen LogP contribution >= 0.6 is 0 Å². The van der Waals surface area contributed by atoms with Crippen molar-refractivity contribution in [2.24, 2.45) is 5.73 Å². The highest BCUT2D eigenvalue weighted by atomic mass is 16.3. The fourth-order valence-corrected chi connectivity index (χ4v) is 0.368. The normalized spacial score (nSPS) is 12.7. The Kier molecular flexibility index (Phi) is 4.82. The zero-order valence-electron chi connectivity index (χ0n) is 5.58. The minimum atomic E-state index is -0.893. The van der Waals surface area contributed by atoms with Crippen LogP contribution in [0.1, 0.15) is 0 Å². The maximum atomic E-state index is 10.4. The van der Waals surface area contributed by atoms with E-state index in [-0.39, 0.29) is 25.6 Å². The van der Waals surface area contributed by atoms with Crippen molar-refractivity contribution in [3.8, 4) is 0 Å². The Morgan fingerprint density at radius 3 is 2.70 bits per heavy atom. The number of nitrogens with two attached hydrogens (primary N) is 1. The standard InChI is InChI=1S/C5H12N2O3/c6-1-5(10)7-2-4(9)3-8/h4,8-9H,1-3,6H2,(H,7,10). The summed E-state index contributed by atoms with van der Waals surface area (Å²) in [5.74, 6) is -0.340. The van der Waals surface area contributed by atoms with Crippen molar-refractivity contribution in [2.45, 2.75) is 6.10 Å². The first kappa shape index (κ1) is 9.35. The average molecular weight is 148 g/mol. The predicted molar refractivity (Wildman–Crippen MR) is 35.2 cm³/mol. The summed E-state index contributed by atoms with van der Waals surface area (Å²) in [4.78, 5) is 10.4. The highest BCUT2D eigenvalue weighted by molar-refractivity contribution is 5.77. The van der Waals surface area contributed by atoms with Crippen LogP contribution in [-0.4, -0.2) is 41.9 Å². The lowest BCUT2D eigenvalue weighted by Crippen LogP contribution is -2.37. The van der Waals surface area contributed by atoms with Gasteiger partial charge in [-0.3, -0.25) is 4.79 Å². The Hall–Kier alpha value is -0.650. The molecule has 0 aliphatic rings. The summed E-state index contributed by atoms with van der Waals surface area (Å²) in [7, 11) is 0. The van der Waals surface area contributed by atoms with E-state index in [0.29, 0.717) is 0 Å². The third-order valence-electron chi connectivity index (χ3n) is 0.931. The van der Waals surface area contributed by atoms with Gasteiger partial charge in [-0.15, -0.1) is 0 Å². The molecule has 0 spiro atoms. The molecule has 0 aromatic rings. The molecule has 0 radical (unpaired) electrons. The summed E-state index contributed by atoms with van der Waals surface area (Å²) in [6, 6.07) is 0. The van der Waals surface area contributed by atoms with E-state index < -0.39 is 6.10 Å². The minimum Gasteiger partial charge on any atom is -0.394 e. The van der Waals surface area contributed by atoms with Crippen molar-refractivity contribution in [1.29, 1.82) is 0 Å². The van der Waals surface area contributed by atoms with Crippen LogP contribution in [0.2, 0.25) is 0 Å². The van der Waals surface area contributed by atoms with Gasteiger partial charge in [-0.05, 0) is 0 Å². The molecule has 0 aliphatic carbocycles. The van der Waals surface area contributed by atoms with E-state index in [1.54, 1.807) is 0 Å². The highest BCUT2D eigenvalue weighted by Gasteiger charge is 2.02. The van der Waals surface area contributed by atoms with E-state index >= 15 is 0 Å². The fourth-order valence-electron chi connectivity index (χ4n) is 0.368. The molecule has 5 nitrogen and oxygen atoms in total. The second kappa shape index (κ2) is 5.16. The summed E-state index contributed by atoms with van der Waals surface area (Å²) in [6.45, 7) is -0.407. The molecule has 1 atom stereocenters. The van der Waals surface area contributed by atoms with Gasteiger partial charge < -0.3 is 21.3 Å². The molecule has 0 fully saturated rings. The molecule has 0 aromatic carbocycles. The summed E-state index contributed by atoms with van der Waals surface area (Å²) < 4.78 is 0. The van der Waals surface area contributed by atoms with Gasteiger partial charge in [0.25, 0.3) is 0 Å². The van der Waals surface area contributed by atoms with E-state index in [9.17, 15) is 4.79 Å². The third-order valence-corrected chi connectivity index (χ3v) is 0.931. The summed E-state index contributed by atoms with van der Waals surface area (Å²) in [5.41, 5.74) is 4.94. The van der Waals surface area contributed by atoms with Gasteiger partial charge in [0, 0.05) is 6.54 Å². The predicted octanol–water partition coefficient (Wildman–Crippen LogP) is -2.59. The molecule has 0 saturated heterocycles. The Bertz CT molecular complexity index is 107. The lowest BCUT2D eigenvalue weighted by molar-refractivity contribution is -0.120. The Labute approximate surface area is 58.8 Å². The first-order valence-electron chi connectivity index (χ1n) is 2.96. The van der Waals surface area contributed by atoms with Crippen LogP contribution in [0.3, 0.4) is 0 Å². The Balaban J connectivity index is 3.26. The van der Waals surface area contributed by atoms with Crippen LogP contribution < -0.4 is 11.1 Å². The fraction of sp³-hybridized carbons (Fsp3) is 0.800. The number of rotatable bonds is 4. The van der Waals surface area contributed by atoms with Gasteiger partial charge in [0.2, 0.25) is 5.91 Å². The van der Waals surface area contributed by atoms with Crippen LogP contribution in [0.15, 0.2) is 0 Å². The second-order valence-electron chi connectivity index (χ2n) is 1.84. The van der Waals surface area contributed by atoms with Crippen molar-refractivity contribution in [3.63, 3.8) is 0 Å². The second-order valence-corrected chi connectivity index (χ2v) is 1.84. The Morgan fingerprint density at radius 2 is 2.30 bits per heavy atom. The van der Waals surface area contributed by atoms with Crippen LogP contribution in [0.4, 0.5) is 0 Å². The molecule has 5 N–H and O–H groups in total. The highest BCUT2D eigenvalue weighted by Crippen LogP contribution is 1.75. The van der Waals surface area contributed by atoms with E-state index in [4.69, 9.17) is 15.9 Å². The van der Waals surface area contributed by atoms with Gasteiger partial charge in [-0.25, -0.2) is 0 Å². The SMILES string of the molecule is NCC(=O)NCC(O)CO. The van der Waals surface area contributed by atoms with E-state index in [0.717, 1.165) is 0 Å². The molecule has 0 bridgehead atoms. The Morgan fingerprint density at radius 1 is 1.70 bits per heavy atom. The molecule has 1 amide bonds. The number of hydrogen-bond acceptors (Lipinski definition) is 4. The van der Waals surface area contributed by atoms with Gasteiger partial charge in [0.15, 0.2) is 0 Å². The first-order chi connectivity index (χ1) is 4.70.